The molecule has 1 saturated heterocycles. The summed E-state index contributed by atoms with van der Waals surface area (Å²) in [4.78, 5) is 19.3. The highest BCUT2D eigenvalue weighted by atomic mass is 35.5. The van der Waals surface area contributed by atoms with E-state index in [1.165, 1.54) is 0 Å². The fraction of sp³-hybridized carbons (Fsp3) is 0.400. The molecular formula is C20H24ClN3O3. The lowest BCUT2D eigenvalue weighted by Crippen LogP contribution is -2.48. The Hall–Kier alpha value is -2.31. The van der Waals surface area contributed by atoms with Crippen molar-refractivity contribution in [3.63, 3.8) is 0 Å². The van der Waals surface area contributed by atoms with Crippen molar-refractivity contribution in [3.8, 4) is 11.5 Å². The number of piperazine rings is 1. The minimum Gasteiger partial charge on any atom is -0.493 e. The van der Waals surface area contributed by atoms with Gasteiger partial charge in [-0.15, -0.1) is 0 Å². The Kier molecular flexibility index (Phi) is 6.53. The molecule has 1 amide bonds. The van der Waals surface area contributed by atoms with Crippen LogP contribution in [0.15, 0.2) is 36.7 Å². The van der Waals surface area contributed by atoms with Gasteiger partial charge in [-0.2, -0.15) is 0 Å². The lowest BCUT2D eigenvalue weighted by molar-refractivity contribution is 0.0633. The van der Waals surface area contributed by atoms with Crippen molar-refractivity contribution in [2.75, 3.05) is 33.4 Å². The van der Waals surface area contributed by atoms with Crippen molar-refractivity contribution in [2.45, 2.75) is 19.4 Å². The molecule has 0 saturated carbocycles. The minimum absolute atomic E-state index is 0.0826. The van der Waals surface area contributed by atoms with Crippen LogP contribution in [-0.2, 0) is 0 Å². The number of hydrogen-bond acceptors (Lipinski definition) is 5. The standard InChI is InChI=1S/C20H24ClN3O3/c1-3-9-27-19-16(21)10-15(11-18(19)26-2)20(25)24-8-7-23-13-17(24)14-5-4-6-22-12-14/h4-6,10-12,17,23H,3,7-9,13H2,1-2H3. The number of halogens is 1. The van der Waals surface area contributed by atoms with E-state index >= 15 is 0 Å². The first-order valence-electron chi connectivity index (χ1n) is 9.07. The second-order valence-corrected chi connectivity index (χ2v) is 6.75. The predicted octanol–water partition coefficient (Wildman–Crippen LogP) is 3.32. The molecule has 1 aromatic carbocycles. The van der Waals surface area contributed by atoms with Crippen molar-refractivity contribution < 1.29 is 14.3 Å². The van der Waals surface area contributed by atoms with E-state index in [-0.39, 0.29) is 11.9 Å². The Morgan fingerprint density at radius 2 is 2.30 bits per heavy atom. The van der Waals surface area contributed by atoms with Crippen LogP contribution in [0.3, 0.4) is 0 Å². The van der Waals surface area contributed by atoms with Crippen molar-refractivity contribution in [1.82, 2.24) is 15.2 Å². The zero-order valence-electron chi connectivity index (χ0n) is 15.6. The van der Waals surface area contributed by atoms with Crippen LogP contribution < -0.4 is 14.8 Å². The Morgan fingerprint density at radius 1 is 1.44 bits per heavy atom. The van der Waals surface area contributed by atoms with Crippen LogP contribution in [0.5, 0.6) is 11.5 Å². The predicted molar refractivity (Wildman–Crippen MR) is 105 cm³/mol. The zero-order chi connectivity index (χ0) is 19.2. The summed E-state index contributed by atoms with van der Waals surface area (Å²) in [5.41, 5.74) is 1.48. The number of nitrogens with one attached hydrogen (secondary N) is 1. The van der Waals surface area contributed by atoms with Gasteiger partial charge >= 0.3 is 0 Å². The largest absolute Gasteiger partial charge is 0.493 e. The van der Waals surface area contributed by atoms with E-state index in [2.05, 4.69) is 10.3 Å². The molecule has 0 aliphatic carbocycles. The van der Waals surface area contributed by atoms with Gasteiger partial charge in [-0.25, -0.2) is 0 Å². The summed E-state index contributed by atoms with van der Waals surface area (Å²) in [5, 5.41) is 3.72. The Labute approximate surface area is 164 Å². The molecule has 0 radical (unpaired) electrons. The van der Waals surface area contributed by atoms with E-state index in [9.17, 15) is 4.79 Å². The monoisotopic (exact) mass is 389 g/mol. The van der Waals surface area contributed by atoms with Crippen LogP contribution in [0, 0.1) is 0 Å². The van der Waals surface area contributed by atoms with Gasteiger partial charge in [0.15, 0.2) is 11.5 Å². The van der Waals surface area contributed by atoms with E-state index in [0.29, 0.717) is 41.8 Å². The first-order chi connectivity index (χ1) is 13.2. The second-order valence-electron chi connectivity index (χ2n) is 6.34. The summed E-state index contributed by atoms with van der Waals surface area (Å²) in [6.45, 7) is 4.57. The fourth-order valence-corrected chi connectivity index (χ4v) is 3.44. The molecule has 0 spiro atoms. The summed E-state index contributed by atoms with van der Waals surface area (Å²) >= 11 is 6.39. The average molecular weight is 390 g/mol. The molecule has 1 fully saturated rings. The SMILES string of the molecule is CCCOc1c(Cl)cc(C(=O)N2CCNCC2c2cccnc2)cc1OC. The normalized spacial score (nSPS) is 16.9. The molecule has 6 nitrogen and oxygen atoms in total. The number of ether oxygens (including phenoxy) is 2. The number of benzene rings is 1. The van der Waals surface area contributed by atoms with E-state index in [4.69, 9.17) is 21.1 Å². The molecule has 0 bridgehead atoms. The average Bonchev–Trinajstić information content (AvgIpc) is 2.72. The van der Waals surface area contributed by atoms with E-state index in [1.54, 1.807) is 31.6 Å². The number of methoxy groups -OCH3 is 1. The van der Waals surface area contributed by atoms with Crippen LogP contribution in [0.1, 0.15) is 35.3 Å². The Balaban J connectivity index is 1.90. The van der Waals surface area contributed by atoms with Crippen molar-refractivity contribution in [2.24, 2.45) is 0 Å². The summed E-state index contributed by atoms with van der Waals surface area (Å²) in [6, 6.07) is 7.13. The van der Waals surface area contributed by atoms with Crippen LogP contribution in [0.2, 0.25) is 5.02 Å². The third kappa shape index (κ3) is 4.34. The summed E-state index contributed by atoms with van der Waals surface area (Å²) < 4.78 is 11.1. The number of rotatable bonds is 6. The maximum atomic E-state index is 13.3. The van der Waals surface area contributed by atoms with E-state index in [1.807, 2.05) is 24.0 Å². The maximum Gasteiger partial charge on any atom is 0.254 e. The second kappa shape index (κ2) is 9.06. The van der Waals surface area contributed by atoms with Gasteiger partial charge < -0.3 is 19.7 Å². The minimum atomic E-state index is -0.0902. The van der Waals surface area contributed by atoms with Crippen LogP contribution >= 0.6 is 11.6 Å². The highest BCUT2D eigenvalue weighted by Crippen LogP contribution is 2.37. The van der Waals surface area contributed by atoms with Crippen molar-refractivity contribution >= 4 is 17.5 Å². The molecule has 1 aromatic heterocycles. The lowest BCUT2D eigenvalue weighted by atomic mass is 10.0. The molecule has 2 aromatic rings. The topological polar surface area (TPSA) is 63.7 Å². The number of hydrogen-bond donors (Lipinski definition) is 1. The lowest BCUT2D eigenvalue weighted by Gasteiger charge is -2.36. The number of carbonyl (C=O) groups excluding carboxylic acids is 1. The molecule has 2 heterocycles. The highest BCUT2D eigenvalue weighted by molar-refractivity contribution is 6.32. The van der Waals surface area contributed by atoms with Gasteiger partial charge in [-0.05, 0) is 30.2 Å². The molecule has 3 rings (SSSR count). The molecular weight excluding hydrogens is 366 g/mol. The highest BCUT2D eigenvalue weighted by Gasteiger charge is 2.29. The van der Waals surface area contributed by atoms with Crippen LogP contribution in [0.4, 0.5) is 0 Å². The summed E-state index contributed by atoms with van der Waals surface area (Å²) in [7, 11) is 1.54. The maximum absolute atomic E-state index is 13.3. The molecule has 27 heavy (non-hydrogen) atoms. The first-order valence-corrected chi connectivity index (χ1v) is 9.45. The smallest absolute Gasteiger partial charge is 0.254 e. The van der Waals surface area contributed by atoms with Crippen molar-refractivity contribution in [1.29, 1.82) is 0 Å². The van der Waals surface area contributed by atoms with Gasteiger partial charge in [0.25, 0.3) is 5.91 Å². The van der Waals surface area contributed by atoms with Gasteiger partial charge in [0.05, 0.1) is 24.8 Å². The van der Waals surface area contributed by atoms with Gasteiger partial charge in [0, 0.05) is 37.6 Å². The van der Waals surface area contributed by atoms with E-state index < -0.39 is 0 Å². The Morgan fingerprint density at radius 3 is 3.00 bits per heavy atom. The zero-order valence-corrected chi connectivity index (χ0v) is 16.3. The number of carbonyl (C=O) groups is 1. The van der Waals surface area contributed by atoms with Gasteiger partial charge in [0.2, 0.25) is 0 Å². The number of aromatic nitrogens is 1. The van der Waals surface area contributed by atoms with Crippen LogP contribution in [0.25, 0.3) is 0 Å². The van der Waals surface area contributed by atoms with Gasteiger partial charge in [-0.3, -0.25) is 9.78 Å². The molecule has 144 valence electrons. The number of pyridine rings is 1. The third-order valence-corrected chi connectivity index (χ3v) is 4.78. The van der Waals surface area contributed by atoms with E-state index in [0.717, 1.165) is 18.5 Å². The Bertz CT molecular complexity index is 786. The fourth-order valence-electron chi connectivity index (χ4n) is 3.17. The van der Waals surface area contributed by atoms with Gasteiger partial charge in [-0.1, -0.05) is 24.6 Å². The molecule has 7 heteroatoms. The molecule has 1 aliphatic heterocycles. The molecule has 1 atom stereocenters. The first kappa shape index (κ1) is 19.5. The number of nitrogens with zero attached hydrogens (tertiary/aromatic N) is 2. The van der Waals surface area contributed by atoms with Crippen molar-refractivity contribution in [3.05, 3.63) is 52.8 Å². The van der Waals surface area contributed by atoms with Gasteiger partial charge in [0.1, 0.15) is 0 Å². The summed E-state index contributed by atoms with van der Waals surface area (Å²) in [5.74, 6) is 0.849. The third-order valence-electron chi connectivity index (χ3n) is 4.50. The molecule has 1 N–H and O–H groups in total. The molecule has 1 unspecified atom stereocenters. The molecule has 1 aliphatic rings. The number of amides is 1. The summed E-state index contributed by atoms with van der Waals surface area (Å²) in [6.07, 6.45) is 4.38. The quantitative estimate of drug-likeness (QED) is 0.821. The van der Waals surface area contributed by atoms with Crippen LogP contribution in [-0.4, -0.2) is 49.1 Å².